The molecule has 0 bridgehead atoms. The lowest BCUT2D eigenvalue weighted by Gasteiger charge is -2.40. The van der Waals surface area contributed by atoms with Crippen molar-refractivity contribution in [2.75, 3.05) is 31.6 Å². The summed E-state index contributed by atoms with van der Waals surface area (Å²) < 4.78 is 5.52. The summed E-state index contributed by atoms with van der Waals surface area (Å²) in [5.74, 6) is 1.42. The van der Waals surface area contributed by atoms with Gasteiger partial charge in [-0.1, -0.05) is 43.1 Å². The van der Waals surface area contributed by atoms with E-state index in [9.17, 15) is 4.79 Å². The Kier molecular flexibility index (Phi) is 6.52. The van der Waals surface area contributed by atoms with Crippen molar-refractivity contribution in [2.24, 2.45) is 5.92 Å². The number of nitrogens with zero attached hydrogens (tertiary/aromatic N) is 2. The molecule has 1 saturated heterocycles. The molecule has 0 atom stereocenters. The number of carbonyl (C=O) groups excluding carboxylic acids is 1. The molecule has 1 fully saturated rings. The highest BCUT2D eigenvalue weighted by atomic mass is 35.5. The monoisotopic (exact) mass is 460 g/mol. The van der Waals surface area contributed by atoms with Gasteiger partial charge in [-0.25, -0.2) is 0 Å². The van der Waals surface area contributed by atoms with E-state index in [1.807, 2.05) is 29.2 Å². The number of fused-ring (bicyclic) bond motifs is 2. The molecule has 0 saturated carbocycles. The summed E-state index contributed by atoms with van der Waals surface area (Å²) in [6, 6.07) is 12.0. The fraction of sp³-hybridized carbons (Fsp3) is 0.480. The van der Waals surface area contributed by atoms with Crippen LogP contribution in [0.25, 0.3) is 0 Å². The molecule has 0 aromatic heterocycles. The number of benzene rings is 2. The fourth-order valence-electron chi connectivity index (χ4n) is 4.92. The highest BCUT2D eigenvalue weighted by Gasteiger charge is 2.46. The number of amides is 1. The number of likely N-dealkylation sites (tertiary alicyclic amines) is 1. The molecule has 31 heavy (non-hydrogen) atoms. The van der Waals surface area contributed by atoms with Crippen molar-refractivity contribution >= 4 is 34.8 Å². The van der Waals surface area contributed by atoms with Crippen LogP contribution in [-0.4, -0.2) is 37.6 Å². The molecular weight excluding hydrogens is 431 g/mol. The van der Waals surface area contributed by atoms with Crippen LogP contribution < -0.4 is 9.64 Å². The summed E-state index contributed by atoms with van der Waals surface area (Å²) in [7, 11) is 1.70. The van der Waals surface area contributed by atoms with Gasteiger partial charge in [0.2, 0.25) is 5.91 Å². The maximum absolute atomic E-state index is 13.0. The average molecular weight is 461 g/mol. The Labute approximate surface area is 195 Å². The molecule has 6 heteroatoms. The van der Waals surface area contributed by atoms with Gasteiger partial charge in [-0.05, 0) is 73.3 Å². The molecule has 0 unspecified atom stereocenters. The predicted octanol–water partition coefficient (Wildman–Crippen LogP) is 5.93. The standard InChI is InChI=1S/C25H30Cl2N2O2/c1-17(2)12-24(30)29-16-25(20-14-19(31-3)5-7-23(20)29)8-10-28(11-9-25)15-18-4-6-21(26)22(27)13-18/h4-7,13-14,17H,8-12,15-16H2,1-3H3. The first-order valence-corrected chi connectivity index (χ1v) is 11.7. The average Bonchev–Trinajstić information content (AvgIpc) is 3.06. The Hall–Kier alpha value is -1.75. The van der Waals surface area contributed by atoms with Crippen LogP contribution in [0.5, 0.6) is 5.75 Å². The second-order valence-electron chi connectivity index (χ2n) is 9.27. The summed E-state index contributed by atoms with van der Waals surface area (Å²) >= 11 is 12.3. The number of halogens is 2. The van der Waals surface area contributed by atoms with Gasteiger partial charge in [0.1, 0.15) is 5.75 Å². The van der Waals surface area contributed by atoms with Crippen molar-refractivity contribution in [3.05, 3.63) is 57.6 Å². The maximum Gasteiger partial charge on any atom is 0.227 e. The van der Waals surface area contributed by atoms with E-state index in [4.69, 9.17) is 27.9 Å². The second-order valence-corrected chi connectivity index (χ2v) is 10.1. The number of rotatable bonds is 5. The van der Waals surface area contributed by atoms with Crippen LogP contribution in [0.15, 0.2) is 36.4 Å². The van der Waals surface area contributed by atoms with Gasteiger partial charge in [0.05, 0.1) is 17.2 Å². The minimum atomic E-state index is -0.00927. The number of piperidine rings is 1. The van der Waals surface area contributed by atoms with E-state index in [1.54, 1.807) is 7.11 Å². The van der Waals surface area contributed by atoms with Crippen molar-refractivity contribution in [1.82, 2.24) is 4.90 Å². The van der Waals surface area contributed by atoms with Gasteiger partial charge < -0.3 is 9.64 Å². The molecule has 0 radical (unpaired) electrons. The fourth-order valence-corrected chi connectivity index (χ4v) is 5.24. The molecule has 2 aliphatic rings. The van der Waals surface area contributed by atoms with E-state index >= 15 is 0 Å². The van der Waals surface area contributed by atoms with Crippen molar-refractivity contribution in [2.45, 2.75) is 45.1 Å². The van der Waals surface area contributed by atoms with Gasteiger partial charge in [0.25, 0.3) is 0 Å². The number of hydrogen-bond acceptors (Lipinski definition) is 3. The third-order valence-corrected chi connectivity index (χ3v) is 7.35. The van der Waals surface area contributed by atoms with E-state index in [1.165, 1.54) is 11.1 Å². The van der Waals surface area contributed by atoms with Gasteiger partial charge >= 0.3 is 0 Å². The van der Waals surface area contributed by atoms with Crippen molar-refractivity contribution < 1.29 is 9.53 Å². The second kappa shape index (κ2) is 9.01. The highest BCUT2D eigenvalue weighted by molar-refractivity contribution is 6.42. The van der Waals surface area contributed by atoms with Gasteiger partial charge in [0.15, 0.2) is 0 Å². The lowest BCUT2D eigenvalue weighted by Crippen LogP contribution is -2.45. The van der Waals surface area contributed by atoms with Crippen LogP contribution in [-0.2, 0) is 16.8 Å². The molecule has 166 valence electrons. The van der Waals surface area contributed by atoms with Crippen LogP contribution in [0, 0.1) is 5.92 Å². The van der Waals surface area contributed by atoms with E-state index in [2.05, 4.69) is 30.9 Å². The first-order chi connectivity index (χ1) is 14.8. The van der Waals surface area contributed by atoms with Crippen LogP contribution in [0.1, 0.15) is 44.2 Å². The Morgan fingerprint density at radius 2 is 1.84 bits per heavy atom. The lowest BCUT2D eigenvalue weighted by molar-refractivity contribution is -0.119. The number of hydrogen-bond donors (Lipinski definition) is 0. The lowest BCUT2D eigenvalue weighted by atomic mass is 9.74. The molecule has 0 N–H and O–H groups in total. The van der Waals surface area contributed by atoms with E-state index < -0.39 is 0 Å². The van der Waals surface area contributed by atoms with Crippen LogP contribution in [0.3, 0.4) is 0 Å². The van der Waals surface area contributed by atoms with Crippen LogP contribution in [0.4, 0.5) is 5.69 Å². The summed E-state index contributed by atoms with van der Waals surface area (Å²) in [6.07, 6.45) is 2.60. The maximum atomic E-state index is 13.0. The Morgan fingerprint density at radius 3 is 2.48 bits per heavy atom. The summed E-state index contributed by atoms with van der Waals surface area (Å²) in [4.78, 5) is 17.5. The molecule has 2 aromatic carbocycles. The molecule has 1 amide bonds. The third kappa shape index (κ3) is 4.57. The van der Waals surface area contributed by atoms with Gasteiger partial charge in [0, 0.05) is 30.6 Å². The van der Waals surface area contributed by atoms with Gasteiger partial charge in [-0.2, -0.15) is 0 Å². The zero-order valence-electron chi connectivity index (χ0n) is 18.5. The van der Waals surface area contributed by atoms with Crippen molar-refractivity contribution in [1.29, 1.82) is 0 Å². The molecule has 0 aliphatic carbocycles. The predicted molar refractivity (Wildman–Crippen MR) is 127 cm³/mol. The van der Waals surface area contributed by atoms with E-state index in [0.717, 1.165) is 50.5 Å². The molecule has 4 rings (SSSR count). The zero-order chi connectivity index (χ0) is 22.2. The summed E-state index contributed by atoms with van der Waals surface area (Å²) in [5, 5.41) is 1.19. The number of methoxy groups -OCH3 is 1. The van der Waals surface area contributed by atoms with E-state index in [0.29, 0.717) is 22.4 Å². The molecule has 2 aliphatic heterocycles. The zero-order valence-corrected chi connectivity index (χ0v) is 20.0. The Morgan fingerprint density at radius 1 is 1.10 bits per heavy atom. The number of carbonyl (C=O) groups is 1. The third-order valence-electron chi connectivity index (χ3n) is 6.61. The first kappa shape index (κ1) is 22.4. The minimum absolute atomic E-state index is 0.00927. The molecule has 4 nitrogen and oxygen atoms in total. The molecule has 2 heterocycles. The highest BCUT2D eigenvalue weighted by Crippen LogP contribution is 2.48. The quantitative estimate of drug-likeness (QED) is 0.554. The summed E-state index contributed by atoms with van der Waals surface area (Å²) in [6.45, 7) is 7.77. The van der Waals surface area contributed by atoms with Crippen LogP contribution in [0.2, 0.25) is 10.0 Å². The van der Waals surface area contributed by atoms with Crippen LogP contribution >= 0.6 is 23.2 Å². The van der Waals surface area contributed by atoms with Gasteiger partial charge in [-0.15, -0.1) is 0 Å². The smallest absolute Gasteiger partial charge is 0.227 e. The topological polar surface area (TPSA) is 32.8 Å². The number of anilines is 1. The first-order valence-electron chi connectivity index (χ1n) is 11.0. The van der Waals surface area contributed by atoms with E-state index in [-0.39, 0.29) is 11.3 Å². The largest absolute Gasteiger partial charge is 0.497 e. The van der Waals surface area contributed by atoms with Crippen molar-refractivity contribution in [3.8, 4) is 5.75 Å². The molecule has 1 spiro atoms. The van der Waals surface area contributed by atoms with Gasteiger partial charge in [-0.3, -0.25) is 9.69 Å². The molecular formula is C25H30Cl2N2O2. The normalized spacial score (nSPS) is 17.9. The molecule has 2 aromatic rings. The number of ether oxygens (including phenoxy) is 1. The Balaban J connectivity index is 1.53. The minimum Gasteiger partial charge on any atom is -0.497 e. The summed E-state index contributed by atoms with van der Waals surface area (Å²) in [5.41, 5.74) is 3.49. The Bertz CT molecular complexity index is 968. The SMILES string of the molecule is COc1ccc2c(c1)C1(CCN(Cc3ccc(Cl)c(Cl)c3)CC1)CN2C(=O)CC(C)C. The van der Waals surface area contributed by atoms with Crippen molar-refractivity contribution in [3.63, 3.8) is 0 Å².